The van der Waals surface area contributed by atoms with E-state index in [1.807, 2.05) is 24.3 Å². The molecule has 114 valence electrons. The van der Waals surface area contributed by atoms with Crippen LogP contribution in [0.4, 0.5) is 0 Å². The fourth-order valence-corrected chi connectivity index (χ4v) is 1.51. The first-order chi connectivity index (χ1) is 8.87. The van der Waals surface area contributed by atoms with Crippen LogP contribution in [0.3, 0.4) is 0 Å². The van der Waals surface area contributed by atoms with Crippen LogP contribution in [0, 0.1) is 6.92 Å². The van der Waals surface area contributed by atoms with Crippen molar-refractivity contribution in [1.82, 2.24) is 5.32 Å². The summed E-state index contributed by atoms with van der Waals surface area (Å²) in [6.07, 6.45) is 0.848. The van der Waals surface area contributed by atoms with E-state index in [2.05, 4.69) is 38.0 Å². The van der Waals surface area contributed by atoms with Crippen LogP contribution in [0.15, 0.2) is 29.3 Å². The van der Waals surface area contributed by atoms with Crippen molar-refractivity contribution < 1.29 is 4.74 Å². The molecule has 0 fully saturated rings. The lowest BCUT2D eigenvalue weighted by molar-refractivity contribution is 0.313. The van der Waals surface area contributed by atoms with Crippen LogP contribution in [-0.2, 0) is 0 Å². The highest BCUT2D eigenvalue weighted by Crippen LogP contribution is 2.11. The van der Waals surface area contributed by atoms with Gasteiger partial charge in [0.15, 0.2) is 5.96 Å². The average molecular weight is 391 g/mol. The van der Waals surface area contributed by atoms with E-state index >= 15 is 0 Å². The van der Waals surface area contributed by atoms with E-state index in [1.165, 1.54) is 5.56 Å². The lowest BCUT2D eigenvalue weighted by Crippen LogP contribution is -2.45. The molecule has 1 aromatic rings. The number of aliphatic imine (C=N–C) groups is 1. The van der Waals surface area contributed by atoms with Crippen molar-refractivity contribution in [2.75, 3.05) is 13.2 Å². The number of benzene rings is 1. The maximum Gasteiger partial charge on any atom is 0.188 e. The van der Waals surface area contributed by atoms with Crippen LogP contribution in [0.25, 0.3) is 0 Å². The molecule has 0 spiro atoms. The Morgan fingerprint density at radius 1 is 1.25 bits per heavy atom. The van der Waals surface area contributed by atoms with Crippen LogP contribution in [0.1, 0.15) is 32.8 Å². The fraction of sp³-hybridized carbons (Fsp3) is 0.533. The Labute approximate surface area is 139 Å². The van der Waals surface area contributed by atoms with Gasteiger partial charge in [-0.05, 0) is 39.8 Å². The number of nitrogens with two attached hydrogens (primary N) is 1. The third-order valence-corrected chi connectivity index (χ3v) is 2.38. The number of halogens is 1. The zero-order valence-electron chi connectivity index (χ0n) is 12.8. The van der Waals surface area contributed by atoms with Crippen LogP contribution in [0.2, 0.25) is 0 Å². The Kier molecular flexibility index (Phi) is 8.60. The number of ether oxygens (including phenoxy) is 1. The molecular formula is C15H26IN3O. The summed E-state index contributed by atoms with van der Waals surface area (Å²) in [6.45, 7) is 9.53. The Balaban J connectivity index is 0.00000361. The van der Waals surface area contributed by atoms with Gasteiger partial charge in [-0.3, -0.25) is 4.99 Å². The molecular weight excluding hydrogens is 365 g/mol. The molecule has 1 aromatic carbocycles. The standard InChI is InChI=1S/C15H25N3O.HI/c1-12-6-8-13(9-7-12)19-11-5-10-17-14(16)18-15(2,3)4;/h6-9H,5,10-11H2,1-4H3,(H3,16,17,18);1H. The maximum atomic E-state index is 5.77. The van der Waals surface area contributed by atoms with E-state index in [0.29, 0.717) is 19.1 Å². The molecule has 0 heterocycles. The molecule has 5 heteroatoms. The molecule has 0 bridgehead atoms. The largest absolute Gasteiger partial charge is 0.494 e. The topological polar surface area (TPSA) is 59.6 Å². The van der Waals surface area contributed by atoms with Crippen molar-refractivity contribution in [1.29, 1.82) is 0 Å². The minimum absolute atomic E-state index is 0. The smallest absolute Gasteiger partial charge is 0.188 e. The lowest BCUT2D eigenvalue weighted by Gasteiger charge is -2.20. The summed E-state index contributed by atoms with van der Waals surface area (Å²) < 4.78 is 5.61. The summed E-state index contributed by atoms with van der Waals surface area (Å²) in [5.74, 6) is 1.39. The highest BCUT2D eigenvalue weighted by Gasteiger charge is 2.09. The molecule has 20 heavy (non-hydrogen) atoms. The van der Waals surface area contributed by atoms with Crippen molar-refractivity contribution in [2.45, 2.75) is 39.7 Å². The molecule has 0 aliphatic heterocycles. The Morgan fingerprint density at radius 3 is 2.40 bits per heavy atom. The van der Waals surface area contributed by atoms with Gasteiger partial charge in [0.2, 0.25) is 0 Å². The van der Waals surface area contributed by atoms with E-state index in [4.69, 9.17) is 10.5 Å². The van der Waals surface area contributed by atoms with E-state index in [0.717, 1.165) is 12.2 Å². The van der Waals surface area contributed by atoms with Gasteiger partial charge < -0.3 is 15.8 Å². The second kappa shape index (κ2) is 9.05. The predicted molar refractivity (Wildman–Crippen MR) is 96.1 cm³/mol. The van der Waals surface area contributed by atoms with Gasteiger partial charge in [-0.2, -0.15) is 0 Å². The second-order valence-corrected chi connectivity index (χ2v) is 5.66. The van der Waals surface area contributed by atoms with Gasteiger partial charge >= 0.3 is 0 Å². The summed E-state index contributed by atoms with van der Waals surface area (Å²) in [5, 5.41) is 3.12. The van der Waals surface area contributed by atoms with Crippen LogP contribution in [0.5, 0.6) is 5.75 Å². The predicted octanol–water partition coefficient (Wildman–Crippen LogP) is 3.08. The van der Waals surface area contributed by atoms with Gasteiger partial charge in [-0.25, -0.2) is 0 Å². The van der Waals surface area contributed by atoms with Crippen LogP contribution in [-0.4, -0.2) is 24.7 Å². The summed E-state index contributed by atoms with van der Waals surface area (Å²) in [5.41, 5.74) is 6.95. The van der Waals surface area contributed by atoms with Gasteiger partial charge in [0, 0.05) is 18.5 Å². The molecule has 1 rings (SSSR count). The number of aryl methyl sites for hydroxylation is 1. The van der Waals surface area contributed by atoms with Crippen molar-refractivity contribution in [3.63, 3.8) is 0 Å². The first-order valence-corrected chi connectivity index (χ1v) is 6.64. The number of guanidine groups is 1. The molecule has 0 aromatic heterocycles. The summed E-state index contributed by atoms with van der Waals surface area (Å²) >= 11 is 0. The first-order valence-electron chi connectivity index (χ1n) is 6.64. The quantitative estimate of drug-likeness (QED) is 0.351. The minimum atomic E-state index is -0.0496. The Morgan fingerprint density at radius 2 is 1.85 bits per heavy atom. The normalized spacial score (nSPS) is 11.7. The van der Waals surface area contributed by atoms with Crippen LogP contribution >= 0.6 is 24.0 Å². The van der Waals surface area contributed by atoms with Gasteiger partial charge in [-0.15, -0.1) is 24.0 Å². The zero-order valence-corrected chi connectivity index (χ0v) is 15.1. The Hall–Kier alpha value is -0.980. The highest BCUT2D eigenvalue weighted by molar-refractivity contribution is 14.0. The van der Waals surface area contributed by atoms with Gasteiger partial charge in [0.1, 0.15) is 5.75 Å². The highest BCUT2D eigenvalue weighted by atomic mass is 127. The fourth-order valence-electron chi connectivity index (χ4n) is 1.51. The van der Waals surface area contributed by atoms with Crippen LogP contribution < -0.4 is 15.8 Å². The molecule has 0 atom stereocenters. The van der Waals surface area contributed by atoms with Crippen molar-refractivity contribution in [3.05, 3.63) is 29.8 Å². The molecule has 0 saturated carbocycles. The number of hydrogen-bond acceptors (Lipinski definition) is 2. The second-order valence-electron chi connectivity index (χ2n) is 5.66. The molecule has 0 aliphatic rings. The first kappa shape index (κ1) is 19.0. The maximum absolute atomic E-state index is 5.77. The molecule has 0 saturated heterocycles. The van der Waals surface area contributed by atoms with E-state index in [9.17, 15) is 0 Å². The van der Waals surface area contributed by atoms with Gasteiger partial charge in [0.05, 0.1) is 6.61 Å². The minimum Gasteiger partial charge on any atom is -0.494 e. The summed E-state index contributed by atoms with van der Waals surface area (Å²) in [6, 6.07) is 8.04. The molecule has 0 radical (unpaired) electrons. The number of nitrogens with zero attached hydrogens (tertiary/aromatic N) is 1. The zero-order chi connectivity index (χ0) is 14.3. The molecule has 0 aliphatic carbocycles. The number of hydrogen-bond donors (Lipinski definition) is 2. The Bertz CT molecular complexity index is 410. The SMILES string of the molecule is Cc1ccc(OCCCN=C(N)NC(C)(C)C)cc1.I. The van der Waals surface area contributed by atoms with Crippen molar-refractivity contribution in [3.8, 4) is 5.75 Å². The van der Waals surface area contributed by atoms with Gasteiger partial charge in [0.25, 0.3) is 0 Å². The third kappa shape index (κ3) is 9.01. The molecule has 0 unspecified atom stereocenters. The average Bonchev–Trinajstić information content (AvgIpc) is 2.29. The lowest BCUT2D eigenvalue weighted by atomic mass is 10.1. The van der Waals surface area contributed by atoms with E-state index < -0.39 is 0 Å². The van der Waals surface area contributed by atoms with E-state index in [-0.39, 0.29) is 29.5 Å². The van der Waals surface area contributed by atoms with Crippen molar-refractivity contribution in [2.24, 2.45) is 10.7 Å². The van der Waals surface area contributed by atoms with Crippen molar-refractivity contribution >= 4 is 29.9 Å². The number of nitrogens with one attached hydrogen (secondary N) is 1. The number of rotatable bonds is 5. The van der Waals surface area contributed by atoms with E-state index in [1.54, 1.807) is 0 Å². The summed E-state index contributed by atoms with van der Waals surface area (Å²) in [4.78, 5) is 4.26. The summed E-state index contributed by atoms with van der Waals surface area (Å²) in [7, 11) is 0. The molecule has 0 amide bonds. The monoisotopic (exact) mass is 391 g/mol. The van der Waals surface area contributed by atoms with Gasteiger partial charge in [-0.1, -0.05) is 17.7 Å². The third-order valence-electron chi connectivity index (χ3n) is 2.38. The molecule has 3 N–H and O–H groups in total. The molecule has 4 nitrogen and oxygen atoms in total.